The predicted molar refractivity (Wildman–Crippen MR) is 79.8 cm³/mol. The highest BCUT2D eigenvalue weighted by molar-refractivity contribution is 5.80. The fraction of sp³-hybridized carbons (Fsp3) is 0.375. The van der Waals surface area contributed by atoms with Crippen LogP contribution in [0.15, 0.2) is 36.5 Å². The highest BCUT2D eigenvalue weighted by Gasteiger charge is 2.15. The Labute approximate surface area is 119 Å². The van der Waals surface area contributed by atoms with Crippen LogP contribution < -0.4 is 4.74 Å². The highest BCUT2D eigenvalue weighted by Crippen LogP contribution is 2.20. The minimum absolute atomic E-state index is 0.355. The highest BCUT2D eigenvalue weighted by atomic mass is 16.6. The first-order valence-electron chi connectivity index (χ1n) is 6.89. The number of aromatic nitrogens is 1. The van der Waals surface area contributed by atoms with Crippen molar-refractivity contribution in [3.8, 4) is 5.75 Å². The average molecular weight is 275 g/mol. The molecule has 1 aromatic heterocycles. The second kappa shape index (κ2) is 8.15. The molecule has 0 N–H and O–H groups in total. The summed E-state index contributed by atoms with van der Waals surface area (Å²) in [4.78, 5) is 15.7. The number of esters is 1. The molecular weight excluding hydrogens is 254 g/mol. The summed E-state index contributed by atoms with van der Waals surface area (Å²) < 4.78 is 10.4. The van der Waals surface area contributed by atoms with Crippen molar-refractivity contribution in [1.29, 1.82) is 0 Å². The van der Waals surface area contributed by atoms with Crippen molar-refractivity contribution in [2.75, 3.05) is 6.61 Å². The van der Waals surface area contributed by atoms with E-state index < -0.39 is 6.10 Å². The van der Waals surface area contributed by atoms with Gasteiger partial charge in [-0.25, -0.2) is 4.79 Å². The molecule has 1 unspecified atom stereocenters. The summed E-state index contributed by atoms with van der Waals surface area (Å²) in [5, 5.41) is 0.978. The number of nitrogens with zero attached hydrogens (tertiary/aromatic N) is 1. The molecule has 1 aromatic carbocycles. The molecule has 108 valence electrons. The number of carbonyl (C=O) groups excluding carboxylic acids is 1. The molecule has 0 aliphatic heterocycles. The molecule has 1 atom stereocenters. The van der Waals surface area contributed by atoms with Crippen LogP contribution in [0.3, 0.4) is 0 Å². The zero-order valence-corrected chi connectivity index (χ0v) is 12.4. The van der Waals surface area contributed by atoms with Crippen LogP contribution in [0.5, 0.6) is 5.75 Å². The van der Waals surface area contributed by atoms with E-state index >= 15 is 0 Å². The molecule has 0 spiro atoms. The van der Waals surface area contributed by atoms with Crippen LogP contribution in [-0.4, -0.2) is 23.7 Å². The van der Waals surface area contributed by atoms with Crippen molar-refractivity contribution in [1.82, 2.24) is 4.98 Å². The van der Waals surface area contributed by atoms with Gasteiger partial charge in [0, 0.05) is 11.6 Å². The Morgan fingerprint density at radius 1 is 1.30 bits per heavy atom. The smallest absolute Gasteiger partial charge is 0.347 e. The summed E-state index contributed by atoms with van der Waals surface area (Å²) in [5.41, 5.74) is 0.897. The van der Waals surface area contributed by atoms with Crippen LogP contribution >= 0.6 is 0 Å². The molecule has 4 heteroatoms. The molecule has 0 radical (unpaired) electrons. The van der Waals surface area contributed by atoms with E-state index in [0.717, 1.165) is 10.9 Å². The third-order valence-electron chi connectivity index (χ3n) is 2.51. The Kier molecular flexibility index (Phi) is 6.50. The second-order valence-corrected chi connectivity index (χ2v) is 3.87. The standard InChI is InChI=1S/C14H15NO3.C2H6/c1-3-17-14(16)10(2)18-12-6-7-13-11(9-12)5-4-8-15-13;1-2/h4-10H,3H2,1-2H3;1-2H3. The summed E-state index contributed by atoms with van der Waals surface area (Å²) in [6.45, 7) is 7.80. The molecule has 2 aromatic rings. The van der Waals surface area contributed by atoms with Gasteiger partial charge in [-0.3, -0.25) is 4.98 Å². The number of hydrogen-bond donors (Lipinski definition) is 0. The SMILES string of the molecule is CC.CCOC(=O)C(C)Oc1ccc2ncccc2c1. The van der Waals surface area contributed by atoms with Gasteiger partial charge in [0.2, 0.25) is 0 Å². The summed E-state index contributed by atoms with van der Waals surface area (Å²) in [5.74, 6) is 0.278. The Bertz CT molecular complexity index is 554. The maximum Gasteiger partial charge on any atom is 0.347 e. The van der Waals surface area contributed by atoms with Crippen LogP contribution in [0.1, 0.15) is 27.7 Å². The topological polar surface area (TPSA) is 48.4 Å². The average Bonchev–Trinajstić information content (AvgIpc) is 2.49. The molecule has 0 amide bonds. The normalized spacial score (nSPS) is 11.2. The lowest BCUT2D eigenvalue weighted by atomic mass is 10.2. The number of pyridine rings is 1. The van der Waals surface area contributed by atoms with Crippen LogP contribution in [-0.2, 0) is 9.53 Å². The second-order valence-electron chi connectivity index (χ2n) is 3.87. The number of fused-ring (bicyclic) bond motifs is 1. The van der Waals surface area contributed by atoms with E-state index in [9.17, 15) is 4.79 Å². The summed E-state index contributed by atoms with van der Waals surface area (Å²) in [6, 6.07) is 9.33. The van der Waals surface area contributed by atoms with Gasteiger partial charge in [-0.1, -0.05) is 19.9 Å². The van der Waals surface area contributed by atoms with Crippen molar-refractivity contribution in [2.45, 2.75) is 33.8 Å². The van der Waals surface area contributed by atoms with E-state index in [-0.39, 0.29) is 5.97 Å². The Balaban J connectivity index is 0.000000956. The lowest BCUT2D eigenvalue weighted by Crippen LogP contribution is -2.26. The first kappa shape index (κ1) is 16.0. The van der Waals surface area contributed by atoms with E-state index in [1.54, 1.807) is 26.1 Å². The Hall–Kier alpha value is -2.10. The maximum absolute atomic E-state index is 11.5. The van der Waals surface area contributed by atoms with Gasteiger partial charge in [0.15, 0.2) is 6.10 Å². The van der Waals surface area contributed by atoms with Gasteiger partial charge < -0.3 is 9.47 Å². The fourth-order valence-corrected chi connectivity index (χ4v) is 1.64. The van der Waals surface area contributed by atoms with Gasteiger partial charge >= 0.3 is 5.97 Å². The molecule has 0 aliphatic carbocycles. The third kappa shape index (κ3) is 4.23. The first-order chi connectivity index (χ1) is 9.70. The molecule has 0 saturated carbocycles. The summed E-state index contributed by atoms with van der Waals surface area (Å²) >= 11 is 0. The molecular formula is C16H21NO3. The van der Waals surface area contributed by atoms with Crippen molar-refractivity contribution >= 4 is 16.9 Å². The molecule has 0 bridgehead atoms. The van der Waals surface area contributed by atoms with Crippen molar-refractivity contribution in [3.05, 3.63) is 36.5 Å². The number of rotatable bonds is 4. The largest absolute Gasteiger partial charge is 0.479 e. The molecule has 20 heavy (non-hydrogen) atoms. The van der Waals surface area contributed by atoms with Crippen molar-refractivity contribution in [2.24, 2.45) is 0 Å². The van der Waals surface area contributed by atoms with E-state index in [1.165, 1.54) is 0 Å². The van der Waals surface area contributed by atoms with Gasteiger partial charge in [-0.15, -0.1) is 0 Å². The van der Waals surface area contributed by atoms with Gasteiger partial charge in [-0.05, 0) is 38.1 Å². The first-order valence-corrected chi connectivity index (χ1v) is 6.89. The van der Waals surface area contributed by atoms with E-state index in [0.29, 0.717) is 12.4 Å². The Morgan fingerprint density at radius 2 is 2.05 bits per heavy atom. The Morgan fingerprint density at radius 3 is 2.75 bits per heavy atom. The predicted octanol–water partition coefficient (Wildman–Crippen LogP) is 3.59. The van der Waals surface area contributed by atoms with E-state index in [2.05, 4.69) is 4.98 Å². The van der Waals surface area contributed by atoms with Crippen molar-refractivity contribution < 1.29 is 14.3 Å². The van der Waals surface area contributed by atoms with Crippen LogP contribution in [0, 0.1) is 0 Å². The lowest BCUT2D eigenvalue weighted by Gasteiger charge is -2.13. The number of benzene rings is 1. The third-order valence-corrected chi connectivity index (χ3v) is 2.51. The zero-order valence-electron chi connectivity index (χ0n) is 12.4. The van der Waals surface area contributed by atoms with Crippen LogP contribution in [0.4, 0.5) is 0 Å². The quantitative estimate of drug-likeness (QED) is 0.800. The molecule has 0 fully saturated rings. The molecule has 0 saturated heterocycles. The minimum Gasteiger partial charge on any atom is -0.479 e. The maximum atomic E-state index is 11.5. The van der Waals surface area contributed by atoms with E-state index in [4.69, 9.17) is 9.47 Å². The zero-order chi connectivity index (χ0) is 15.0. The van der Waals surface area contributed by atoms with Crippen molar-refractivity contribution in [3.63, 3.8) is 0 Å². The molecule has 1 heterocycles. The van der Waals surface area contributed by atoms with Crippen LogP contribution in [0.25, 0.3) is 10.9 Å². The number of carbonyl (C=O) groups is 1. The molecule has 4 nitrogen and oxygen atoms in total. The van der Waals surface area contributed by atoms with Gasteiger partial charge in [0.1, 0.15) is 5.75 Å². The monoisotopic (exact) mass is 275 g/mol. The van der Waals surface area contributed by atoms with Gasteiger partial charge in [0.05, 0.1) is 12.1 Å². The van der Waals surface area contributed by atoms with Crippen LogP contribution in [0.2, 0.25) is 0 Å². The summed E-state index contributed by atoms with van der Waals surface area (Å²) in [7, 11) is 0. The molecule has 2 rings (SSSR count). The fourth-order valence-electron chi connectivity index (χ4n) is 1.64. The number of hydrogen-bond acceptors (Lipinski definition) is 4. The minimum atomic E-state index is -0.612. The lowest BCUT2D eigenvalue weighted by molar-refractivity contribution is -0.150. The summed E-state index contributed by atoms with van der Waals surface area (Å²) in [6.07, 6.45) is 1.13. The van der Waals surface area contributed by atoms with Gasteiger partial charge in [0.25, 0.3) is 0 Å². The van der Waals surface area contributed by atoms with Gasteiger partial charge in [-0.2, -0.15) is 0 Å². The van der Waals surface area contributed by atoms with E-state index in [1.807, 2.05) is 38.1 Å². The molecule has 0 aliphatic rings. The number of ether oxygens (including phenoxy) is 2.